The zero-order valence-electron chi connectivity index (χ0n) is 19.7. The van der Waals surface area contributed by atoms with Gasteiger partial charge in [-0.3, -0.25) is 9.50 Å². The van der Waals surface area contributed by atoms with Gasteiger partial charge in [-0.15, -0.1) is 0 Å². The van der Waals surface area contributed by atoms with Gasteiger partial charge >= 0.3 is 6.03 Å². The van der Waals surface area contributed by atoms with Gasteiger partial charge in [0.15, 0.2) is 5.82 Å². The lowest BCUT2D eigenvalue weighted by Gasteiger charge is -2.21. The van der Waals surface area contributed by atoms with E-state index in [-0.39, 0.29) is 6.03 Å². The van der Waals surface area contributed by atoms with Crippen LogP contribution in [0, 0.1) is 0 Å². The number of nitrogens with zero attached hydrogens (tertiary/aromatic N) is 5. The second kappa shape index (κ2) is 10.4. The molecule has 0 aliphatic heterocycles. The number of methoxy groups -OCH3 is 1. The van der Waals surface area contributed by atoms with Crippen molar-refractivity contribution in [3.63, 3.8) is 0 Å². The second-order valence-electron chi connectivity index (χ2n) is 8.31. The average molecular weight is 493 g/mol. The summed E-state index contributed by atoms with van der Waals surface area (Å²) in [5.41, 5.74) is 2.69. The van der Waals surface area contributed by atoms with Crippen molar-refractivity contribution in [2.75, 3.05) is 37.4 Å². The van der Waals surface area contributed by atoms with Gasteiger partial charge in [0.1, 0.15) is 10.7 Å². The van der Waals surface area contributed by atoms with Crippen LogP contribution in [0.4, 0.5) is 22.2 Å². The molecule has 3 heterocycles. The molecule has 0 unspecified atom stereocenters. The first-order valence-electron chi connectivity index (χ1n) is 11.6. The Hall–Kier alpha value is -3.57. The third kappa shape index (κ3) is 5.57. The molecule has 10 nitrogen and oxygen atoms in total. The number of anilines is 3. The number of hydrogen-bond acceptors (Lipinski definition) is 7. The maximum atomic E-state index is 12.5. The van der Waals surface area contributed by atoms with Gasteiger partial charge in [0.05, 0.1) is 6.61 Å². The predicted octanol–water partition coefficient (Wildman–Crippen LogP) is 4.72. The van der Waals surface area contributed by atoms with E-state index in [0.29, 0.717) is 31.6 Å². The molecule has 2 amide bonds. The van der Waals surface area contributed by atoms with Gasteiger partial charge in [-0.05, 0) is 44.0 Å². The topological polar surface area (TPSA) is 112 Å². The Morgan fingerprint density at radius 1 is 1.29 bits per heavy atom. The number of rotatable bonds is 10. The number of imidazole rings is 1. The number of carbonyl (C=O) groups is 1. The summed E-state index contributed by atoms with van der Waals surface area (Å²) in [6, 6.07) is 11.6. The quantitative estimate of drug-likeness (QED) is 0.275. The molecule has 0 saturated heterocycles. The largest absolute Gasteiger partial charge is 0.383 e. The van der Waals surface area contributed by atoms with E-state index in [2.05, 4.69) is 25.8 Å². The van der Waals surface area contributed by atoms with Gasteiger partial charge < -0.3 is 20.3 Å². The van der Waals surface area contributed by atoms with Gasteiger partial charge in [-0.25, -0.2) is 14.8 Å². The molecule has 3 N–H and O–H groups in total. The number of likely N-dealkylation sites (N-methyl/N-ethyl adjacent to an activating group) is 1. The maximum Gasteiger partial charge on any atom is 0.321 e. The zero-order chi connectivity index (χ0) is 24.2. The van der Waals surface area contributed by atoms with Gasteiger partial charge in [0, 0.05) is 66.9 Å². The summed E-state index contributed by atoms with van der Waals surface area (Å²) in [7, 11) is 1.63. The van der Waals surface area contributed by atoms with E-state index < -0.39 is 0 Å². The number of hydrogen-bond donors (Lipinski definition) is 3. The summed E-state index contributed by atoms with van der Waals surface area (Å²) in [5.74, 6) is 1.99. The van der Waals surface area contributed by atoms with E-state index >= 15 is 0 Å². The van der Waals surface area contributed by atoms with Crippen LogP contribution in [0.25, 0.3) is 5.65 Å². The smallest absolute Gasteiger partial charge is 0.321 e. The summed E-state index contributed by atoms with van der Waals surface area (Å²) in [5, 5.41) is 14.6. The van der Waals surface area contributed by atoms with Crippen LogP contribution in [0.5, 0.6) is 0 Å². The summed E-state index contributed by atoms with van der Waals surface area (Å²) in [6.45, 7) is 3.61. The highest BCUT2D eigenvalue weighted by Crippen LogP contribution is 2.39. The molecule has 182 valence electrons. The molecule has 3 aromatic heterocycles. The third-order valence-electron chi connectivity index (χ3n) is 5.78. The highest BCUT2D eigenvalue weighted by Gasteiger charge is 2.25. The fraction of sp³-hybridized carbons (Fsp3) is 0.333. The lowest BCUT2D eigenvalue weighted by molar-refractivity contribution is 0.157. The first-order valence-corrected chi connectivity index (χ1v) is 12.4. The molecule has 0 spiro atoms. The Balaban J connectivity index is 1.28. The summed E-state index contributed by atoms with van der Waals surface area (Å²) in [4.78, 5) is 24.4. The normalized spacial score (nSPS) is 13.2. The van der Waals surface area contributed by atoms with Crippen molar-refractivity contribution in [1.29, 1.82) is 0 Å². The first kappa shape index (κ1) is 23.2. The number of urea groups is 1. The molecular weight excluding hydrogens is 464 g/mol. The first-order chi connectivity index (χ1) is 17.1. The van der Waals surface area contributed by atoms with E-state index in [9.17, 15) is 4.79 Å². The number of aromatic nitrogens is 5. The molecule has 11 heteroatoms. The average Bonchev–Trinajstić information content (AvgIpc) is 3.41. The van der Waals surface area contributed by atoms with Crippen molar-refractivity contribution in [1.82, 2.24) is 29.5 Å². The molecule has 1 aromatic carbocycles. The zero-order valence-corrected chi connectivity index (χ0v) is 20.5. The van der Waals surface area contributed by atoms with Crippen LogP contribution in [-0.4, -0.2) is 62.3 Å². The Labute approximate surface area is 207 Å². The van der Waals surface area contributed by atoms with Crippen LogP contribution in [-0.2, 0) is 4.74 Å². The Morgan fingerprint density at radius 3 is 2.86 bits per heavy atom. The van der Waals surface area contributed by atoms with Gasteiger partial charge in [-0.2, -0.15) is 5.10 Å². The molecule has 0 atom stereocenters. The third-order valence-corrected chi connectivity index (χ3v) is 6.71. The minimum atomic E-state index is -0.143. The molecule has 1 aliphatic carbocycles. The van der Waals surface area contributed by atoms with Crippen molar-refractivity contribution >= 4 is 40.9 Å². The van der Waals surface area contributed by atoms with Crippen molar-refractivity contribution < 1.29 is 9.53 Å². The number of H-pyrrole nitrogens is 1. The number of benzene rings is 1. The van der Waals surface area contributed by atoms with Crippen molar-refractivity contribution in [2.24, 2.45) is 0 Å². The molecule has 35 heavy (non-hydrogen) atoms. The monoisotopic (exact) mass is 492 g/mol. The van der Waals surface area contributed by atoms with Crippen molar-refractivity contribution in [3.05, 3.63) is 54.5 Å². The van der Waals surface area contributed by atoms with Crippen molar-refractivity contribution in [3.8, 4) is 0 Å². The Bertz CT molecular complexity index is 1300. The lowest BCUT2D eigenvalue weighted by Crippen LogP contribution is -2.37. The van der Waals surface area contributed by atoms with Crippen LogP contribution < -0.4 is 10.6 Å². The van der Waals surface area contributed by atoms with Gasteiger partial charge in [0.25, 0.3) is 0 Å². The molecule has 5 rings (SSSR count). The van der Waals surface area contributed by atoms with Crippen LogP contribution in [0.2, 0.25) is 0 Å². The fourth-order valence-electron chi connectivity index (χ4n) is 3.70. The van der Waals surface area contributed by atoms with E-state index in [1.54, 1.807) is 18.2 Å². The van der Waals surface area contributed by atoms with Crippen LogP contribution in [0.3, 0.4) is 0 Å². The summed E-state index contributed by atoms with van der Waals surface area (Å²) in [6.07, 6.45) is 6.05. The number of ether oxygens (including phenoxy) is 1. The second-order valence-corrected chi connectivity index (χ2v) is 9.40. The molecule has 0 bridgehead atoms. The lowest BCUT2D eigenvalue weighted by atomic mass is 10.3. The molecular formula is C24H28N8O2S. The van der Waals surface area contributed by atoms with Crippen molar-refractivity contribution in [2.45, 2.75) is 35.6 Å². The standard InChI is InChI=1S/C24H28N8O2S/c1-3-31(12-13-34-2)24(33)26-17-6-8-18(9-7-17)35-22-15-21-25-10-11-32(21)23(28-22)27-20-14-19(29-30-20)16-4-5-16/h6-11,14-16H,3-5,12-13H2,1-2H3,(H,26,33)(H2,27,28,29,30). The Morgan fingerprint density at radius 2 is 2.11 bits per heavy atom. The van der Waals surface area contributed by atoms with E-state index in [4.69, 9.17) is 9.72 Å². The Kier molecular flexibility index (Phi) is 6.87. The number of aromatic amines is 1. The van der Waals surface area contributed by atoms with E-state index in [0.717, 1.165) is 32.8 Å². The highest BCUT2D eigenvalue weighted by molar-refractivity contribution is 7.99. The van der Waals surface area contributed by atoms with Crippen LogP contribution in [0.1, 0.15) is 31.4 Å². The molecule has 1 aliphatic rings. The number of nitrogens with one attached hydrogen (secondary N) is 3. The minimum Gasteiger partial charge on any atom is -0.383 e. The predicted molar refractivity (Wildman–Crippen MR) is 136 cm³/mol. The van der Waals surface area contributed by atoms with Gasteiger partial charge in [-0.1, -0.05) is 11.8 Å². The number of carbonyl (C=O) groups excluding carboxylic acids is 1. The van der Waals surface area contributed by atoms with Gasteiger partial charge in [0.2, 0.25) is 5.95 Å². The van der Waals surface area contributed by atoms with Crippen LogP contribution in [0.15, 0.2) is 58.7 Å². The molecule has 1 saturated carbocycles. The van der Waals surface area contributed by atoms with E-state index in [1.807, 2.05) is 53.9 Å². The van der Waals surface area contributed by atoms with E-state index in [1.165, 1.54) is 24.6 Å². The maximum absolute atomic E-state index is 12.5. The molecule has 0 radical (unpaired) electrons. The molecule has 1 fully saturated rings. The minimum absolute atomic E-state index is 0.143. The fourth-order valence-corrected chi connectivity index (χ4v) is 4.51. The number of fused-ring (bicyclic) bond motifs is 1. The number of amides is 2. The summed E-state index contributed by atoms with van der Waals surface area (Å²) >= 11 is 1.53. The van der Waals surface area contributed by atoms with Crippen LogP contribution >= 0.6 is 11.8 Å². The SMILES string of the molecule is CCN(CCOC)C(=O)Nc1ccc(Sc2cc3nccn3c(Nc3cc(C4CC4)[nH]n3)n2)cc1. The highest BCUT2D eigenvalue weighted by atomic mass is 32.2. The molecule has 4 aromatic rings. The summed E-state index contributed by atoms with van der Waals surface area (Å²) < 4.78 is 6.98.